The van der Waals surface area contributed by atoms with Crippen LogP contribution in [0.4, 0.5) is 0 Å². The van der Waals surface area contributed by atoms with Crippen molar-refractivity contribution < 1.29 is 19.1 Å². The molecule has 2 amide bonds. The van der Waals surface area contributed by atoms with Gasteiger partial charge >= 0.3 is 5.97 Å². The van der Waals surface area contributed by atoms with Gasteiger partial charge in [0.25, 0.3) is 0 Å². The second-order valence-corrected chi connectivity index (χ2v) is 5.24. The lowest BCUT2D eigenvalue weighted by Gasteiger charge is -2.34. The summed E-state index contributed by atoms with van der Waals surface area (Å²) in [4.78, 5) is 38.4. The number of piperidine rings is 1. The minimum absolute atomic E-state index is 0.0975. The number of rotatable bonds is 5. The highest BCUT2D eigenvalue weighted by molar-refractivity contribution is 6.01. The summed E-state index contributed by atoms with van der Waals surface area (Å²) in [5.74, 6) is -0.384. The average molecular weight is 282 g/mol. The van der Waals surface area contributed by atoms with Gasteiger partial charge in [0.1, 0.15) is 6.04 Å². The standard InChI is InChI=1S/C14H22N2O4/c1-2-20-14(19)11-5-3-4-8-15(11)9-10-16-12(17)6-7-13(16)18/h11H,2-10H2,1H3. The number of likely N-dealkylation sites (tertiary alicyclic amines) is 2. The smallest absolute Gasteiger partial charge is 0.323 e. The first-order valence-corrected chi connectivity index (χ1v) is 7.37. The molecule has 0 radical (unpaired) electrons. The molecule has 2 rings (SSSR count). The van der Waals surface area contributed by atoms with Crippen molar-refractivity contribution in [2.45, 2.75) is 45.1 Å². The van der Waals surface area contributed by atoms with Gasteiger partial charge in [-0.1, -0.05) is 6.42 Å². The van der Waals surface area contributed by atoms with Gasteiger partial charge in [-0.3, -0.25) is 24.2 Å². The Kier molecular flexibility index (Phi) is 5.11. The van der Waals surface area contributed by atoms with Gasteiger partial charge in [-0.2, -0.15) is 0 Å². The number of hydrogen-bond donors (Lipinski definition) is 0. The summed E-state index contributed by atoms with van der Waals surface area (Å²) >= 11 is 0. The van der Waals surface area contributed by atoms with E-state index in [0.29, 0.717) is 32.5 Å². The third-order valence-electron chi connectivity index (χ3n) is 3.94. The predicted octanol–water partition coefficient (Wildman–Crippen LogP) is 0.553. The number of amides is 2. The van der Waals surface area contributed by atoms with Crippen molar-refractivity contribution in [3.05, 3.63) is 0 Å². The molecule has 2 aliphatic rings. The molecule has 0 aromatic rings. The van der Waals surface area contributed by atoms with Gasteiger partial charge in [0.15, 0.2) is 0 Å². The zero-order valence-corrected chi connectivity index (χ0v) is 12.0. The van der Waals surface area contributed by atoms with Crippen LogP contribution >= 0.6 is 0 Å². The van der Waals surface area contributed by atoms with Crippen molar-refractivity contribution >= 4 is 17.8 Å². The molecule has 112 valence electrons. The van der Waals surface area contributed by atoms with E-state index in [1.807, 2.05) is 4.90 Å². The van der Waals surface area contributed by atoms with E-state index in [1.54, 1.807) is 6.92 Å². The quantitative estimate of drug-likeness (QED) is 0.544. The van der Waals surface area contributed by atoms with Crippen LogP contribution in [0.15, 0.2) is 0 Å². The molecule has 0 spiro atoms. The van der Waals surface area contributed by atoms with Crippen molar-refractivity contribution in [1.29, 1.82) is 0 Å². The van der Waals surface area contributed by atoms with Crippen molar-refractivity contribution in [2.24, 2.45) is 0 Å². The average Bonchev–Trinajstić information content (AvgIpc) is 2.76. The van der Waals surface area contributed by atoms with Gasteiger partial charge in [-0.15, -0.1) is 0 Å². The molecule has 2 fully saturated rings. The molecule has 0 aliphatic carbocycles. The van der Waals surface area contributed by atoms with Gasteiger partial charge in [-0.05, 0) is 26.3 Å². The van der Waals surface area contributed by atoms with Gasteiger partial charge in [0.05, 0.1) is 6.61 Å². The van der Waals surface area contributed by atoms with Crippen molar-refractivity contribution in [2.75, 3.05) is 26.2 Å². The fourth-order valence-corrected chi connectivity index (χ4v) is 2.86. The highest BCUT2D eigenvalue weighted by Gasteiger charge is 2.33. The highest BCUT2D eigenvalue weighted by atomic mass is 16.5. The Bertz CT molecular complexity index is 381. The Morgan fingerprint density at radius 3 is 2.55 bits per heavy atom. The van der Waals surface area contributed by atoms with Gasteiger partial charge in [0.2, 0.25) is 11.8 Å². The summed E-state index contributed by atoms with van der Waals surface area (Å²) in [5, 5.41) is 0. The van der Waals surface area contributed by atoms with Crippen molar-refractivity contribution in [1.82, 2.24) is 9.80 Å². The Morgan fingerprint density at radius 2 is 1.90 bits per heavy atom. The number of ether oxygens (including phenoxy) is 1. The van der Waals surface area contributed by atoms with E-state index in [0.717, 1.165) is 25.8 Å². The molecule has 0 saturated carbocycles. The molecule has 20 heavy (non-hydrogen) atoms. The molecule has 0 N–H and O–H groups in total. The minimum atomic E-state index is -0.225. The molecule has 6 nitrogen and oxygen atoms in total. The van der Waals surface area contributed by atoms with E-state index >= 15 is 0 Å². The summed E-state index contributed by atoms with van der Waals surface area (Å²) < 4.78 is 5.10. The van der Waals surface area contributed by atoms with Gasteiger partial charge in [0, 0.05) is 25.9 Å². The molecule has 0 aromatic heterocycles. The third kappa shape index (κ3) is 3.36. The fraction of sp³-hybridized carbons (Fsp3) is 0.786. The zero-order chi connectivity index (χ0) is 14.5. The number of esters is 1. The Balaban J connectivity index is 1.90. The van der Waals surface area contributed by atoms with E-state index in [1.165, 1.54) is 4.90 Å². The highest BCUT2D eigenvalue weighted by Crippen LogP contribution is 2.19. The molecule has 0 bridgehead atoms. The SMILES string of the molecule is CCOC(=O)C1CCCCN1CCN1C(=O)CCC1=O. The molecular weight excluding hydrogens is 260 g/mol. The van der Waals surface area contributed by atoms with Gasteiger partial charge < -0.3 is 4.74 Å². The zero-order valence-electron chi connectivity index (χ0n) is 12.0. The maximum Gasteiger partial charge on any atom is 0.323 e. The first kappa shape index (κ1) is 15.0. The van der Waals surface area contributed by atoms with Crippen LogP contribution in [0.25, 0.3) is 0 Å². The summed E-state index contributed by atoms with van der Waals surface area (Å²) in [5.41, 5.74) is 0. The first-order valence-electron chi connectivity index (χ1n) is 7.37. The second kappa shape index (κ2) is 6.83. The van der Waals surface area contributed by atoms with Crippen LogP contribution in [0.3, 0.4) is 0 Å². The lowest BCUT2D eigenvalue weighted by molar-refractivity contribution is -0.151. The predicted molar refractivity (Wildman–Crippen MR) is 71.8 cm³/mol. The monoisotopic (exact) mass is 282 g/mol. The number of hydrogen-bond acceptors (Lipinski definition) is 5. The topological polar surface area (TPSA) is 66.9 Å². The van der Waals surface area contributed by atoms with Gasteiger partial charge in [-0.25, -0.2) is 0 Å². The number of nitrogens with zero attached hydrogens (tertiary/aromatic N) is 2. The molecule has 1 atom stereocenters. The molecule has 1 unspecified atom stereocenters. The maximum atomic E-state index is 11.9. The second-order valence-electron chi connectivity index (χ2n) is 5.24. The van der Waals surface area contributed by atoms with E-state index < -0.39 is 0 Å². The summed E-state index contributed by atoms with van der Waals surface area (Å²) in [6.07, 6.45) is 3.49. The first-order chi connectivity index (χ1) is 9.63. The van der Waals surface area contributed by atoms with Crippen LogP contribution in [0.2, 0.25) is 0 Å². The third-order valence-corrected chi connectivity index (χ3v) is 3.94. The van der Waals surface area contributed by atoms with Crippen LogP contribution in [0, 0.1) is 0 Å². The van der Waals surface area contributed by atoms with Crippen LogP contribution in [-0.2, 0) is 19.1 Å². The van der Waals surface area contributed by atoms with Crippen molar-refractivity contribution in [3.8, 4) is 0 Å². The Morgan fingerprint density at radius 1 is 1.20 bits per heavy atom. The van der Waals surface area contributed by atoms with Crippen LogP contribution in [0.1, 0.15) is 39.0 Å². The molecule has 2 aliphatic heterocycles. The van der Waals surface area contributed by atoms with E-state index in [-0.39, 0.29) is 23.8 Å². The largest absolute Gasteiger partial charge is 0.465 e. The van der Waals surface area contributed by atoms with E-state index in [4.69, 9.17) is 4.74 Å². The molecule has 0 aromatic carbocycles. The van der Waals surface area contributed by atoms with Crippen LogP contribution < -0.4 is 0 Å². The summed E-state index contributed by atoms with van der Waals surface area (Å²) in [6.45, 7) is 3.94. The van der Waals surface area contributed by atoms with E-state index in [9.17, 15) is 14.4 Å². The maximum absolute atomic E-state index is 11.9. The molecule has 6 heteroatoms. The van der Waals surface area contributed by atoms with E-state index in [2.05, 4.69) is 0 Å². The molecule has 2 heterocycles. The lowest BCUT2D eigenvalue weighted by atomic mass is 10.0. The molecular formula is C14H22N2O4. The lowest BCUT2D eigenvalue weighted by Crippen LogP contribution is -2.48. The Labute approximate surface area is 119 Å². The van der Waals surface area contributed by atoms with Crippen molar-refractivity contribution in [3.63, 3.8) is 0 Å². The Hall–Kier alpha value is -1.43. The minimum Gasteiger partial charge on any atom is -0.465 e. The normalized spacial score (nSPS) is 24.2. The van der Waals surface area contributed by atoms with Crippen LogP contribution in [0.5, 0.6) is 0 Å². The summed E-state index contributed by atoms with van der Waals surface area (Å²) in [7, 11) is 0. The number of carbonyl (C=O) groups is 3. The number of imide groups is 1. The summed E-state index contributed by atoms with van der Waals surface area (Å²) in [6, 6.07) is -0.225. The number of carbonyl (C=O) groups excluding carboxylic acids is 3. The van der Waals surface area contributed by atoms with Crippen LogP contribution in [-0.4, -0.2) is 59.9 Å². The molecule has 2 saturated heterocycles. The fourth-order valence-electron chi connectivity index (χ4n) is 2.86.